The first-order chi connectivity index (χ1) is 12.6. The maximum Gasteiger partial charge on any atom is 0.191 e. The van der Waals surface area contributed by atoms with Crippen LogP contribution in [0.3, 0.4) is 0 Å². The normalized spacial score (nSPS) is 10.9. The molecule has 0 aliphatic heterocycles. The Bertz CT molecular complexity index is 894. The van der Waals surface area contributed by atoms with Gasteiger partial charge in [-0.15, -0.1) is 10.2 Å². The van der Waals surface area contributed by atoms with Crippen LogP contribution in [0, 0.1) is 5.82 Å². The fraction of sp³-hybridized carbons (Fsp3) is 0.211. The van der Waals surface area contributed by atoms with Crippen LogP contribution in [0.1, 0.15) is 23.7 Å². The zero-order valence-corrected chi connectivity index (χ0v) is 15.7. The van der Waals surface area contributed by atoms with Gasteiger partial charge in [0, 0.05) is 22.7 Å². The second-order valence-electron chi connectivity index (χ2n) is 5.68. The van der Waals surface area contributed by atoms with Gasteiger partial charge >= 0.3 is 0 Å². The number of rotatable bonds is 7. The molecule has 2 aromatic carbocycles. The number of carbonyl (C=O) groups is 1. The summed E-state index contributed by atoms with van der Waals surface area (Å²) in [7, 11) is 0. The van der Waals surface area contributed by atoms with E-state index in [0.717, 1.165) is 24.4 Å². The maximum absolute atomic E-state index is 13.0. The Hall–Kier alpha value is -2.18. The lowest BCUT2D eigenvalue weighted by Crippen LogP contribution is -2.06. The maximum atomic E-state index is 13.0. The molecule has 0 amide bonds. The number of hydrogen-bond acceptors (Lipinski definition) is 4. The molecule has 3 rings (SSSR count). The predicted molar refractivity (Wildman–Crippen MR) is 102 cm³/mol. The summed E-state index contributed by atoms with van der Waals surface area (Å²) >= 11 is 7.28. The van der Waals surface area contributed by atoms with Gasteiger partial charge in [-0.25, -0.2) is 4.39 Å². The molecule has 0 saturated heterocycles. The number of aromatic nitrogens is 3. The molecule has 4 nitrogen and oxygen atoms in total. The summed E-state index contributed by atoms with van der Waals surface area (Å²) < 4.78 is 15.0. The topological polar surface area (TPSA) is 47.8 Å². The second kappa shape index (κ2) is 8.47. The van der Waals surface area contributed by atoms with Crippen LogP contribution in [0.15, 0.2) is 53.7 Å². The Morgan fingerprint density at radius 2 is 1.81 bits per heavy atom. The summed E-state index contributed by atoms with van der Waals surface area (Å²) in [4.78, 5) is 12.3. The Kier molecular flexibility index (Phi) is 6.06. The van der Waals surface area contributed by atoms with Crippen molar-refractivity contribution in [1.82, 2.24) is 14.8 Å². The highest BCUT2D eigenvalue weighted by atomic mass is 35.5. The number of Topliss-reactive ketones (excluding diaryl/α,β-unsaturated/α-hetero) is 1. The first-order valence-corrected chi connectivity index (χ1v) is 9.55. The summed E-state index contributed by atoms with van der Waals surface area (Å²) in [5, 5.41) is 9.88. The Morgan fingerprint density at radius 3 is 2.46 bits per heavy atom. The van der Waals surface area contributed by atoms with Gasteiger partial charge in [0.05, 0.1) is 5.75 Å². The minimum atomic E-state index is -0.357. The zero-order valence-electron chi connectivity index (χ0n) is 14.2. The largest absolute Gasteiger partial charge is 0.302 e. The van der Waals surface area contributed by atoms with Gasteiger partial charge in [0.25, 0.3) is 0 Å². The molecule has 1 heterocycles. The molecular weight excluding hydrogens is 373 g/mol. The average Bonchev–Trinajstić information content (AvgIpc) is 3.04. The average molecular weight is 390 g/mol. The van der Waals surface area contributed by atoms with Gasteiger partial charge in [-0.05, 0) is 55.0 Å². The van der Waals surface area contributed by atoms with Crippen LogP contribution in [0.25, 0.3) is 11.4 Å². The summed E-state index contributed by atoms with van der Waals surface area (Å²) in [6, 6.07) is 13.0. The van der Waals surface area contributed by atoms with E-state index in [4.69, 9.17) is 11.6 Å². The summed E-state index contributed by atoms with van der Waals surface area (Å²) in [5.74, 6) is 0.535. The van der Waals surface area contributed by atoms with E-state index in [-0.39, 0.29) is 17.4 Å². The smallest absolute Gasteiger partial charge is 0.191 e. The van der Waals surface area contributed by atoms with Crippen molar-refractivity contribution < 1.29 is 9.18 Å². The molecule has 0 saturated carbocycles. The van der Waals surface area contributed by atoms with E-state index in [0.29, 0.717) is 15.7 Å². The van der Waals surface area contributed by atoms with Crippen LogP contribution in [-0.4, -0.2) is 26.3 Å². The first-order valence-electron chi connectivity index (χ1n) is 8.19. The third-order valence-electron chi connectivity index (χ3n) is 3.77. The molecule has 7 heteroatoms. The SMILES string of the molecule is CCCn1c(SCC(=O)c2ccc(F)cc2)nnc1-c1ccc(Cl)cc1. The van der Waals surface area contributed by atoms with Crippen molar-refractivity contribution in [3.63, 3.8) is 0 Å². The molecule has 0 N–H and O–H groups in total. The fourth-order valence-corrected chi connectivity index (χ4v) is 3.47. The molecule has 0 spiro atoms. The molecule has 0 radical (unpaired) electrons. The molecule has 3 aromatic rings. The van der Waals surface area contributed by atoms with Crippen LogP contribution in [-0.2, 0) is 6.54 Å². The Morgan fingerprint density at radius 1 is 1.12 bits per heavy atom. The van der Waals surface area contributed by atoms with Crippen LogP contribution >= 0.6 is 23.4 Å². The number of halogens is 2. The molecule has 0 unspecified atom stereocenters. The molecular formula is C19H17ClFN3OS. The van der Waals surface area contributed by atoms with Gasteiger partial charge in [0.15, 0.2) is 16.8 Å². The highest BCUT2D eigenvalue weighted by molar-refractivity contribution is 7.99. The van der Waals surface area contributed by atoms with Gasteiger partial charge < -0.3 is 4.57 Å². The predicted octanol–water partition coefficient (Wildman–Crippen LogP) is 5.12. The van der Waals surface area contributed by atoms with E-state index >= 15 is 0 Å². The van der Waals surface area contributed by atoms with Crippen LogP contribution in [0.4, 0.5) is 4.39 Å². The van der Waals surface area contributed by atoms with E-state index in [2.05, 4.69) is 17.1 Å². The van der Waals surface area contributed by atoms with Crippen molar-refractivity contribution in [3.05, 3.63) is 64.9 Å². The summed E-state index contributed by atoms with van der Waals surface area (Å²) in [6.45, 7) is 2.82. The minimum Gasteiger partial charge on any atom is -0.302 e. The molecule has 134 valence electrons. The monoisotopic (exact) mass is 389 g/mol. The van der Waals surface area contributed by atoms with E-state index in [9.17, 15) is 9.18 Å². The minimum absolute atomic E-state index is 0.0749. The van der Waals surface area contributed by atoms with Crippen LogP contribution < -0.4 is 0 Å². The lowest BCUT2D eigenvalue weighted by atomic mass is 10.1. The summed E-state index contributed by atoms with van der Waals surface area (Å²) in [6.07, 6.45) is 0.915. The molecule has 0 aliphatic carbocycles. The molecule has 0 fully saturated rings. The lowest BCUT2D eigenvalue weighted by molar-refractivity contribution is 0.102. The van der Waals surface area contributed by atoms with E-state index in [1.54, 1.807) is 0 Å². The van der Waals surface area contributed by atoms with Gasteiger partial charge in [0.2, 0.25) is 0 Å². The van der Waals surface area contributed by atoms with Gasteiger partial charge in [-0.3, -0.25) is 4.79 Å². The van der Waals surface area contributed by atoms with E-state index < -0.39 is 0 Å². The van der Waals surface area contributed by atoms with Crippen molar-refractivity contribution in [2.24, 2.45) is 0 Å². The highest BCUT2D eigenvalue weighted by Crippen LogP contribution is 2.26. The first kappa shape index (κ1) is 18.6. The van der Waals surface area contributed by atoms with Crippen molar-refractivity contribution in [2.75, 3.05) is 5.75 Å². The van der Waals surface area contributed by atoms with Crippen molar-refractivity contribution in [2.45, 2.75) is 25.0 Å². The number of carbonyl (C=O) groups excluding carboxylic acids is 1. The Balaban J connectivity index is 1.78. The number of hydrogen-bond donors (Lipinski definition) is 0. The molecule has 0 atom stereocenters. The highest BCUT2D eigenvalue weighted by Gasteiger charge is 2.16. The van der Waals surface area contributed by atoms with E-state index in [1.165, 1.54) is 36.0 Å². The van der Waals surface area contributed by atoms with Crippen molar-refractivity contribution in [1.29, 1.82) is 0 Å². The Labute approximate surface area is 160 Å². The quantitative estimate of drug-likeness (QED) is 0.415. The number of benzene rings is 2. The van der Waals surface area contributed by atoms with Crippen LogP contribution in [0.2, 0.25) is 5.02 Å². The number of thioether (sulfide) groups is 1. The number of nitrogens with zero attached hydrogens (tertiary/aromatic N) is 3. The standard InChI is InChI=1S/C19H17ClFN3OS/c1-2-11-24-18(14-3-7-15(20)8-4-14)22-23-19(24)26-12-17(25)13-5-9-16(21)10-6-13/h3-10H,2,11-12H2,1H3. The zero-order chi connectivity index (χ0) is 18.5. The third-order valence-corrected chi connectivity index (χ3v) is 4.98. The van der Waals surface area contributed by atoms with Crippen LogP contribution in [0.5, 0.6) is 0 Å². The molecule has 0 bridgehead atoms. The number of ketones is 1. The van der Waals surface area contributed by atoms with Crippen molar-refractivity contribution in [3.8, 4) is 11.4 Å². The fourth-order valence-electron chi connectivity index (χ4n) is 2.48. The van der Waals surface area contributed by atoms with Gasteiger partial charge in [-0.2, -0.15) is 0 Å². The van der Waals surface area contributed by atoms with Crippen molar-refractivity contribution >= 4 is 29.1 Å². The molecule has 1 aromatic heterocycles. The molecule has 26 heavy (non-hydrogen) atoms. The van der Waals surface area contributed by atoms with Gasteiger partial charge in [-0.1, -0.05) is 30.3 Å². The van der Waals surface area contributed by atoms with Gasteiger partial charge in [0.1, 0.15) is 5.82 Å². The van der Waals surface area contributed by atoms with E-state index in [1.807, 2.05) is 28.8 Å². The lowest BCUT2D eigenvalue weighted by Gasteiger charge is -2.09. The summed E-state index contributed by atoms with van der Waals surface area (Å²) in [5.41, 5.74) is 1.41. The third kappa shape index (κ3) is 4.31. The molecule has 0 aliphatic rings. The second-order valence-corrected chi connectivity index (χ2v) is 7.06.